The number of nitriles is 1. The van der Waals surface area contributed by atoms with Gasteiger partial charge in [-0.1, -0.05) is 6.92 Å². The first-order chi connectivity index (χ1) is 7.89. The second kappa shape index (κ2) is 5.23. The molecule has 1 aromatic heterocycles. The monoisotopic (exact) mass is 264 g/mol. The smallest absolute Gasteiger partial charge is 0.382 e. The van der Waals surface area contributed by atoms with E-state index < -0.39 is 12.7 Å². The average Bonchev–Trinajstić information content (AvgIpc) is 2.56. The minimum Gasteiger partial charge on any atom is -0.382 e. The van der Waals surface area contributed by atoms with E-state index in [9.17, 15) is 13.2 Å². The predicted octanol–water partition coefficient (Wildman–Crippen LogP) is 2.38. The van der Waals surface area contributed by atoms with Crippen LogP contribution < -0.4 is 10.6 Å². The zero-order valence-corrected chi connectivity index (χ0v) is 9.90. The Labute approximate surface area is 101 Å². The number of nitrogens with two attached hydrogens (primary N) is 1. The summed E-state index contributed by atoms with van der Waals surface area (Å²) in [6.45, 7) is 0.868. The molecule has 0 bridgehead atoms. The molecule has 2 N–H and O–H groups in total. The molecule has 1 aromatic rings. The molecule has 0 aliphatic carbocycles. The maximum absolute atomic E-state index is 12.4. The number of nitrogens with zero attached hydrogens (tertiary/aromatic N) is 3. The van der Waals surface area contributed by atoms with Crippen LogP contribution in [0, 0.1) is 11.3 Å². The second-order valence-electron chi connectivity index (χ2n) is 3.40. The number of anilines is 2. The Hall–Kier alpha value is -1.49. The molecule has 1 rings (SSSR count). The lowest BCUT2D eigenvalue weighted by molar-refractivity contribution is -0.119. The van der Waals surface area contributed by atoms with E-state index in [0.717, 1.165) is 16.4 Å². The Kier molecular flexibility index (Phi) is 4.17. The van der Waals surface area contributed by atoms with Crippen LogP contribution in [0.4, 0.5) is 24.0 Å². The minimum absolute atomic E-state index is 0.0178. The van der Waals surface area contributed by atoms with Crippen LogP contribution in [-0.2, 0) is 0 Å². The van der Waals surface area contributed by atoms with Crippen molar-refractivity contribution in [2.75, 3.05) is 23.7 Å². The molecule has 0 aliphatic heterocycles. The standard InChI is InChI=1S/C9H11F3N4S/c1-2-3-16(5-9(10,11)12)8-6(4-13)7(14)15-17-8/h2-3,5H2,1H3,(H2,14,15). The Balaban J connectivity index is 3.02. The van der Waals surface area contributed by atoms with Gasteiger partial charge in [-0.3, -0.25) is 0 Å². The van der Waals surface area contributed by atoms with Crippen molar-refractivity contribution in [3.8, 4) is 6.07 Å². The van der Waals surface area contributed by atoms with Gasteiger partial charge >= 0.3 is 6.18 Å². The molecule has 0 unspecified atom stereocenters. The minimum atomic E-state index is -4.32. The van der Waals surface area contributed by atoms with Crippen molar-refractivity contribution < 1.29 is 13.2 Å². The van der Waals surface area contributed by atoms with Crippen LogP contribution >= 0.6 is 11.5 Å². The lowest BCUT2D eigenvalue weighted by atomic mass is 10.3. The molecular formula is C9H11F3N4S. The largest absolute Gasteiger partial charge is 0.405 e. The van der Waals surface area contributed by atoms with Gasteiger partial charge in [0.15, 0.2) is 5.82 Å². The number of hydrogen-bond donors (Lipinski definition) is 1. The van der Waals surface area contributed by atoms with Gasteiger partial charge in [0.25, 0.3) is 0 Å². The lowest BCUT2D eigenvalue weighted by Gasteiger charge is -2.23. The predicted molar refractivity (Wildman–Crippen MR) is 59.8 cm³/mol. The quantitative estimate of drug-likeness (QED) is 0.906. The maximum Gasteiger partial charge on any atom is 0.405 e. The van der Waals surface area contributed by atoms with Crippen LogP contribution in [0.15, 0.2) is 0 Å². The summed E-state index contributed by atoms with van der Waals surface area (Å²) in [5.74, 6) is -0.0178. The van der Waals surface area contributed by atoms with Crippen molar-refractivity contribution in [1.82, 2.24) is 4.37 Å². The number of alkyl halides is 3. The molecule has 0 aromatic carbocycles. The van der Waals surface area contributed by atoms with Gasteiger partial charge in [-0.15, -0.1) is 0 Å². The third-order valence-electron chi connectivity index (χ3n) is 1.96. The van der Waals surface area contributed by atoms with Crippen molar-refractivity contribution in [1.29, 1.82) is 5.26 Å². The van der Waals surface area contributed by atoms with E-state index >= 15 is 0 Å². The molecule has 1 heterocycles. The summed E-state index contributed by atoms with van der Waals surface area (Å²) in [4.78, 5) is 1.09. The number of rotatable bonds is 4. The highest BCUT2D eigenvalue weighted by molar-refractivity contribution is 7.10. The zero-order chi connectivity index (χ0) is 13.1. The fraction of sp³-hybridized carbons (Fsp3) is 0.556. The molecule has 4 nitrogen and oxygen atoms in total. The first-order valence-corrected chi connectivity index (χ1v) is 5.63. The van der Waals surface area contributed by atoms with E-state index in [4.69, 9.17) is 11.0 Å². The first-order valence-electron chi connectivity index (χ1n) is 4.86. The summed E-state index contributed by atoms with van der Waals surface area (Å²) in [6, 6.07) is 1.78. The van der Waals surface area contributed by atoms with Gasteiger partial charge < -0.3 is 10.6 Å². The third kappa shape index (κ3) is 3.49. The van der Waals surface area contributed by atoms with E-state index in [1.807, 2.05) is 0 Å². The first kappa shape index (κ1) is 13.6. The SMILES string of the molecule is CCCN(CC(F)(F)F)c1snc(N)c1C#N. The normalized spacial score (nSPS) is 11.2. The molecule has 0 aliphatic rings. The van der Waals surface area contributed by atoms with Gasteiger partial charge in [-0.05, 0) is 18.0 Å². The summed E-state index contributed by atoms with van der Waals surface area (Å²) >= 11 is 0.818. The summed E-state index contributed by atoms with van der Waals surface area (Å²) in [5.41, 5.74) is 5.44. The molecule has 0 amide bonds. The van der Waals surface area contributed by atoms with Crippen molar-refractivity contribution in [2.45, 2.75) is 19.5 Å². The number of aromatic nitrogens is 1. The lowest BCUT2D eigenvalue weighted by Crippen LogP contribution is -2.34. The molecule has 0 radical (unpaired) electrons. The van der Waals surface area contributed by atoms with Crippen LogP contribution in [0.3, 0.4) is 0 Å². The van der Waals surface area contributed by atoms with E-state index in [1.54, 1.807) is 13.0 Å². The van der Waals surface area contributed by atoms with Crippen LogP contribution in [0.2, 0.25) is 0 Å². The third-order valence-corrected chi connectivity index (χ3v) is 2.89. The fourth-order valence-corrected chi connectivity index (χ4v) is 2.14. The van der Waals surface area contributed by atoms with Crippen LogP contribution in [0.25, 0.3) is 0 Å². The van der Waals surface area contributed by atoms with Crippen LogP contribution in [0.5, 0.6) is 0 Å². The summed E-state index contributed by atoms with van der Waals surface area (Å²) in [5, 5.41) is 9.02. The van der Waals surface area contributed by atoms with Crippen LogP contribution in [0.1, 0.15) is 18.9 Å². The highest BCUT2D eigenvalue weighted by Gasteiger charge is 2.32. The maximum atomic E-state index is 12.4. The average molecular weight is 264 g/mol. The van der Waals surface area contributed by atoms with Crippen molar-refractivity contribution in [3.05, 3.63) is 5.56 Å². The highest BCUT2D eigenvalue weighted by Crippen LogP contribution is 2.32. The Bertz CT molecular complexity index is 421. The van der Waals surface area contributed by atoms with Gasteiger partial charge in [0.1, 0.15) is 23.2 Å². The number of halogens is 3. The number of nitrogen functional groups attached to an aromatic ring is 1. The van der Waals surface area contributed by atoms with E-state index in [0.29, 0.717) is 6.42 Å². The Morgan fingerprint density at radius 1 is 1.53 bits per heavy atom. The molecule has 0 fully saturated rings. The molecular weight excluding hydrogens is 253 g/mol. The topological polar surface area (TPSA) is 65.9 Å². The van der Waals surface area contributed by atoms with Crippen molar-refractivity contribution >= 4 is 22.4 Å². The molecule has 0 saturated heterocycles. The Morgan fingerprint density at radius 2 is 2.18 bits per heavy atom. The van der Waals surface area contributed by atoms with Gasteiger partial charge in [0.05, 0.1) is 0 Å². The molecule has 0 atom stereocenters. The second-order valence-corrected chi connectivity index (χ2v) is 4.15. The highest BCUT2D eigenvalue weighted by atomic mass is 32.1. The summed E-state index contributed by atoms with van der Waals surface area (Å²) < 4.78 is 40.9. The van der Waals surface area contributed by atoms with Crippen molar-refractivity contribution in [3.63, 3.8) is 0 Å². The molecule has 0 spiro atoms. The van der Waals surface area contributed by atoms with E-state index in [1.165, 1.54) is 0 Å². The van der Waals surface area contributed by atoms with Crippen molar-refractivity contribution in [2.24, 2.45) is 0 Å². The van der Waals surface area contributed by atoms with E-state index in [-0.39, 0.29) is 22.9 Å². The fourth-order valence-electron chi connectivity index (χ4n) is 1.35. The van der Waals surface area contributed by atoms with Gasteiger partial charge in [0.2, 0.25) is 0 Å². The van der Waals surface area contributed by atoms with Gasteiger partial charge in [-0.2, -0.15) is 22.8 Å². The zero-order valence-electron chi connectivity index (χ0n) is 9.08. The number of hydrogen-bond acceptors (Lipinski definition) is 5. The molecule has 17 heavy (non-hydrogen) atoms. The van der Waals surface area contributed by atoms with Gasteiger partial charge in [0, 0.05) is 6.54 Å². The summed E-state index contributed by atoms with van der Waals surface area (Å²) in [6.07, 6.45) is -3.78. The molecule has 8 heteroatoms. The molecule has 0 saturated carbocycles. The van der Waals surface area contributed by atoms with Crippen LogP contribution in [-0.4, -0.2) is 23.6 Å². The summed E-state index contributed by atoms with van der Waals surface area (Å²) in [7, 11) is 0. The van der Waals surface area contributed by atoms with Gasteiger partial charge in [-0.25, -0.2) is 0 Å². The molecule has 94 valence electrons. The van der Waals surface area contributed by atoms with E-state index in [2.05, 4.69) is 4.37 Å². The Morgan fingerprint density at radius 3 is 2.65 bits per heavy atom.